The number of hydrogen-bond donors (Lipinski definition) is 1. The normalized spacial score (nSPS) is 13.9. The van der Waals surface area contributed by atoms with Gasteiger partial charge in [0.1, 0.15) is 5.82 Å². The van der Waals surface area contributed by atoms with Crippen molar-refractivity contribution in [2.75, 3.05) is 6.54 Å². The van der Waals surface area contributed by atoms with Crippen molar-refractivity contribution < 1.29 is 17.6 Å². The summed E-state index contributed by atoms with van der Waals surface area (Å²) in [5.74, 6) is -0.401. The van der Waals surface area contributed by atoms with Crippen LogP contribution in [0.3, 0.4) is 0 Å². The number of alkyl halides is 3. The maximum Gasteiger partial charge on any atom is 0.401 e. The van der Waals surface area contributed by atoms with Crippen LogP contribution in [0.25, 0.3) is 0 Å². The van der Waals surface area contributed by atoms with Crippen molar-refractivity contribution in [1.82, 2.24) is 5.32 Å². The summed E-state index contributed by atoms with van der Waals surface area (Å²) in [4.78, 5) is 0. The molecule has 0 aliphatic rings. The van der Waals surface area contributed by atoms with Gasteiger partial charge in [0.25, 0.3) is 0 Å². The van der Waals surface area contributed by atoms with Crippen LogP contribution in [0.1, 0.15) is 18.5 Å². The van der Waals surface area contributed by atoms with E-state index in [0.717, 1.165) is 0 Å². The van der Waals surface area contributed by atoms with E-state index < -0.39 is 24.6 Å². The Labute approximate surface area is 85.1 Å². The molecule has 0 aliphatic heterocycles. The second-order valence-electron chi connectivity index (χ2n) is 3.27. The van der Waals surface area contributed by atoms with Gasteiger partial charge in [-0.05, 0) is 24.6 Å². The highest BCUT2D eigenvalue weighted by atomic mass is 19.4. The van der Waals surface area contributed by atoms with E-state index in [1.165, 1.54) is 24.3 Å². The zero-order chi connectivity index (χ0) is 11.5. The topological polar surface area (TPSA) is 12.0 Å². The summed E-state index contributed by atoms with van der Waals surface area (Å²) in [7, 11) is 0. The number of nitrogens with one attached hydrogen (secondary N) is 1. The van der Waals surface area contributed by atoms with Crippen LogP contribution in [0.4, 0.5) is 17.6 Å². The molecule has 0 saturated heterocycles. The molecule has 0 amide bonds. The minimum absolute atomic E-state index is 0.401. The molecule has 0 heterocycles. The molecule has 15 heavy (non-hydrogen) atoms. The first kappa shape index (κ1) is 12.0. The Morgan fingerprint density at radius 3 is 2.20 bits per heavy atom. The fourth-order valence-electron chi connectivity index (χ4n) is 1.14. The third-order valence-corrected chi connectivity index (χ3v) is 1.98. The molecule has 0 radical (unpaired) electrons. The molecule has 1 N–H and O–H groups in total. The third kappa shape index (κ3) is 4.29. The predicted octanol–water partition coefficient (Wildman–Crippen LogP) is 3.04. The monoisotopic (exact) mass is 221 g/mol. The van der Waals surface area contributed by atoms with Crippen molar-refractivity contribution >= 4 is 0 Å². The predicted molar refractivity (Wildman–Crippen MR) is 48.9 cm³/mol. The van der Waals surface area contributed by atoms with Crippen molar-refractivity contribution in [1.29, 1.82) is 0 Å². The first-order valence-electron chi connectivity index (χ1n) is 4.44. The Kier molecular flexibility index (Phi) is 3.68. The largest absolute Gasteiger partial charge is 0.401 e. The molecular weight excluding hydrogens is 210 g/mol. The number of hydrogen-bond acceptors (Lipinski definition) is 1. The Balaban J connectivity index is 2.54. The van der Waals surface area contributed by atoms with E-state index in [1.54, 1.807) is 6.92 Å². The highest BCUT2D eigenvalue weighted by molar-refractivity contribution is 5.19. The van der Waals surface area contributed by atoms with E-state index in [9.17, 15) is 17.6 Å². The smallest absolute Gasteiger partial charge is 0.302 e. The zero-order valence-electron chi connectivity index (χ0n) is 8.11. The molecule has 0 saturated carbocycles. The lowest BCUT2D eigenvalue weighted by Crippen LogP contribution is -2.30. The molecular formula is C10H11F4N. The van der Waals surface area contributed by atoms with Gasteiger partial charge in [0, 0.05) is 6.04 Å². The van der Waals surface area contributed by atoms with Crippen LogP contribution < -0.4 is 5.32 Å². The maximum absolute atomic E-state index is 12.5. The molecule has 1 atom stereocenters. The molecule has 5 heteroatoms. The second kappa shape index (κ2) is 4.61. The van der Waals surface area contributed by atoms with Crippen LogP contribution in [0.2, 0.25) is 0 Å². The van der Waals surface area contributed by atoms with Crippen molar-refractivity contribution in [2.24, 2.45) is 0 Å². The van der Waals surface area contributed by atoms with Gasteiger partial charge >= 0.3 is 6.18 Å². The van der Waals surface area contributed by atoms with Crippen molar-refractivity contribution in [2.45, 2.75) is 19.1 Å². The standard InChI is InChI=1S/C10H11F4N/c1-7(15-6-10(12,13)14)8-2-4-9(11)5-3-8/h2-5,7,15H,6H2,1H3/t7-/m1/s1. The summed E-state index contributed by atoms with van der Waals surface area (Å²) in [5, 5.41) is 2.31. The summed E-state index contributed by atoms with van der Waals surface area (Å²) in [5.41, 5.74) is 0.626. The fraction of sp³-hybridized carbons (Fsp3) is 0.400. The average Bonchev–Trinajstić information content (AvgIpc) is 2.14. The van der Waals surface area contributed by atoms with Gasteiger partial charge in [-0.15, -0.1) is 0 Å². The summed E-state index contributed by atoms with van der Waals surface area (Å²) in [6.45, 7) is 0.546. The van der Waals surface area contributed by atoms with E-state index in [4.69, 9.17) is 0 Å². The summed E-state index contributed by atoms with van der Waals surface area (Å²) >= 11 is 0. The van der Waals surface area contributed by atoms with Gasteiger partial charge in [-0.25, -0.2) is 4.39 Å². The Hall–Kier alpha value is -1.10. The Morgan fingerprint density at radius 1 is 1.20 bits per heavy atom. The molecule has 0 fully saturated rings. The average molecular weight is 221 g/mol. The van der Waals surface area contributed by atoms with Gasteiger partial charge < -0.3 is 5.32 Å². The highest BCUT2D eigenvalue weighted by Crippen LogP contribution is 2.17. The van der Waals surface area contributed by atoms with Gasteiger partial charge in [-0.3, -0.25) is 0 Å². The van der Waals surface area contributed by atoms with E-state index in [1.807, 2.05) is 0 Å². The van der Waals surface area contributed by atoms with E-state index in [0.29, 0.717) is 5.56 Å². The highest BCUT2D eigenvalue weighted by Gasteiger charge is 2.27. The lowest BCUT2D eigenvalue weighted by atomic mass is 10.1. The zero-order valence-corrected chi connectivity index (χ0v) is 8.11. The minimum atomic E-state index is -4.23. The van der Waals surface area contributed by atoms with Crippen molar-refractivity contribution in [3.05, 3.63) is 35.6 Å². The van der Waals surface area contributed by atoms with Crippen LogP contribution >= 0.6 is 0 Å². The van der Waals surface area contributed by atoms with Gasteiger partial charge in [0.15, 0.2) is 0 Å². The van der Waals surface area contributed by atoms with E-state index in [-0.39, 0.29) is 0 Å². The molecule has 0 spiro atoms. The fourth-order valence-corrected chi connectivity index (χ4v) is 1.14. The van der Waals surface area contributed by atoms with Crippen LogP contribution in [0, 0.1) is 5.82 Å². The van der Waals surface area contributed by atoms with Crippen LogP contribution in [0.5, 0.6) is 0 Å². The van der Waals surface area contributed by atoms with E-state index in [2.05, 4.69) is 5.32 Å². The van der Waals surface area contributed by atoms with Crippen LogP contribution in [-0.2, 0) is 0 Å². The van der Waals surface area contributed by atoms with Crippen molar-refractivity contribution in [3.8, 4) is 0 Å². The van der Waals surface area contributed by atoms with Crippen LogP contribution in [-0.4, -0.2) is 12.7 Å². The molecule has 1 aromatic carbocycles. The Morgan fingerprint density at radius 2 is 1.73 bits per heavy atom. The summed E-state index contributed by atoms with van der Waals surface area (Å²) in [6, 6.07) is 4.92. The number of rotatable bonds is 3. The minimum Gasteiger partial charge on any atom is -0.302 e. The quantitative estimate of drug-likeness (QED) is 0.773. The molecule has 1 aromatic rings. The lowest BCUT2D eigenvalue weighted by Gasteiger charge is -2.15. The van der Waals surface area contributed by atoms with Gasteiger partial charge in [0.2, 0.25) is 0 Å². The first-order chi connectivity index (χ1) is 6.88. The lowest BCUT2D eigenvalue weighted by molar-refractivity contribution is -0.126. The number of halogens is 4. The summed E-state index contributed by atoms with van der Waals surface area (Å²) in [6.07, 6.45) is -4.23. The van der Waals surface area contributed by atoms with Gasteiger partial charge in [0.05, 0.1) is 6.54 Å². The molecule has 0 aromatic heterocycles. The SMILES string of the molecule is C[C@@H](NCC(F)(F)F)c1ccc(F)cc1. The third-order valence-electron chi connectivity index (χ3n) is 1.98. The molecule has 1 rings (SSSR count). The van der Waals surface area contributed by atoms with Gasteiger partial charge in [-0.1, -0.05) is 12.1 Å². The van der Waals surface area contributed by atoms with E-state index >= 15 is 0 Å². The first-order valence-corrected chi connectivity index (χ1v) is 4.44. The molecule has 0 unspecified atom stereocenters. The second-order valence-corrected chi connectivity index (χ2v) is 3.27. The Bertz CT molecular complexity index is 304. The molecule has 1 nitrogen and oxygen atoms in total. The van der Waals surface area contributed by atoms with Crippen LogP contribution in [0.15, 0.2) is 24.3 Å². The number of benzene rings is 1. The molecule has 0 aliphatic carbocycles. The molecule has 0 bridgehead atoms. The summed E-state index contributed by atoms with van der Waals surface area (Å²) < 4.78 is 48.1. The molecule has 84 valence electrons. The maximum atomic E-state index is 12.5. The van der Waals surface area contributed by atoms with Gasteiger partial charge in [-0.2, -0.15) is 13.2 Å². The van der Waals surface area contributed by atoms with Crippen molar-refractivity contribution in [3.63, 3.8) is 0 Å².